The third kappa shape index (κ3) is 7.07. The molecule has 2 aliphatic heterocycles. The molecule has 284 valence electrons. The molecular weight excluding hydrogens is 656 g/mol. The van der Waals surface area contributed by atoms with Gasteiger partial charge >= 0.3 is 12.2 Å². The van der Waals surface area contributed by atoms with Gasteiger partial charge in [0, 0.05) is 58.5 Å². The van der Waals surface area contributed by atoms with Crippen LogP contribution in [0.3, 0.4) is 0 Å². The number of benzene rings is 2. The largest absolute Gasteiger partial charge is 0.421 e. The molecule has 2 amide bonds. The van der Waals surface area contributed by atoms with Gasteiger partial charge in [-0.25, -0.2) is 19.6 Å². The van der Waals surface area contributed by atoms with Crippen LogP contribution in [0.4, 0.5) is 21.5 Å². The van der Waals surface area contributed by atoms with E-state index >= 15 is 0 Å². The first-order chi connectivity index (χ1) is 25.1. The van der Waals surface area contributed by atoms with Crippen LogP contribution >= 0.6 is 0 Å². The van der Waals surface area contributed by atoms with E-state index in [1.54, 1.807) is 19.0 Å². The fourth-order valence-corrected chi connectivity index (χ4v) is 7.10. The van der Waals surface area contributed by atoms with E-state index in [1.807, 2.05) is 78.4 Å². The van der Waals surface area contributed by atoms with E-state index in [4.69, 9.17) is 19.4 Å². The molecule has 0 saturated carbocycles. The second-order valence-electron chi connectivity index (χ2n) is 13.2. The molecule has 4 unspecified atom stereocenters. The van der Waals surface area contributed by atoms with Gasteiger partial charge in [0.25, 0.3) is 0 Å². The SMILES string of the molecule is CC.CCC1=C(C(C)CC)Nc2nc3ccccc3n2C1OC(=O)N(CC)CC(CC)C1=C(CC)C(OC(=O)N(C)C)n2c(nc3ccccc32)N1.[HH].[HH]. The number of aromatic nitrogens is 4. The Morgan fingerprint density at radius 1 is 0.769 bits per heavy atom. The zero-order valence-electron chi connectivity index (χ0n) is 32.5. The highest BCUT2D eigenvalue weighted by molar-refractivity contribution is 5.81. The quantitative estimate of drug-likeness (QED) is 0.157. The van der Waals surface area contributed by atoms with E-state index < -0.39 is 24.6 Å². The minimum Gasteiger partial charge on any atom is -0.421 e. The standard InChI is InChI=1S/C38H50N8O4.C2H6.2H2/c1-9-23(6)31-25(11-3)33(45-29-20-16-14-18-27(29)39-35(45)41-31)50-38(48)44(13-5)22-24(10-2)32-26(12-4)34(49-37(47)43(7)8)46-30-21-17-15-19-28(30)40-36(46)42-32;1-2;;/h14-21,23-24,33-34H,9-13,22H2,1-8H3,(H,39,41)(H,40,42);1-2H3;2*1H. The summed E-state index contributed by atoms with van der Waals surface area (Å²) in [4.78, 5) is 40.3. The molecule has 0 fully saturated rings. The van der Waals surface area contributed by atoms with Gasteiger partial charge in [-0.2, -0.15) is 0 Å². The Balaban J connectivity index is 0.00000193. The summed E-state index contributed by atoms with van der Waals surface area (Å²) in [6.45, 7) is 17.5. The van der Waals surface area contributed by atoms with Crippen molar-refractivity contribution in [2.75, 3.05) is 37.8 Å². The molecule has 4 atom stereocenters. The molecule has 0 saturated heterocycles. The van der Waals surface area contributed by atoms with Gasteiger partial charge in [-0.1, -0.05) is 72.7 Å². The maximum atomic E-state index is 14.3. The number of imidazole rings is 2. The lowest BCUT2D eigenvalue weighted by molar-refractivity contribution is 0.0443. The van der Waals surface area contributed by atoms with Gasteiger partial charge in [0.05, 0.1) is 22.1 Å². The molecule has 2 aromatic heterocycles. The van der Waals surface area contributed by atoms with Crippen molar-refractivity contribution in [2.24, 2.45) is 11.8 Å². The van der Waals surface area contributed by atoms with Gasteiger partial charge < -0.3 is 29.9 Å². The number of nitrogens with zero attached hydrogens (tertiary/aromatic N) is 6. The van der Waals surface area contributed by atoms with Crippen LogP contribution in [0.25, 0.3) is 22.1 Å². The van der Waals surface area contributed by atoms with Gasteiger partial charge in [-0.15, -0.1) is 0 Å². The molecule has 2 aliphatic rings. The lowest BCUT2D eigenvalue weighted by atomic mass is 9.93. The predicted molar refractivity (Wildman–Crippen MR) is 212 cm³/mol. The average Bonchev–Trinajstić information content (AvgIpc) is 3.73. The van der Waals surface area contributed by atoms with E-state index in [0.29, 0.717) is 37.8 Å². The molecule has 6 rings (SSSR count). The smallest absolute Gasteiger partial charge is 0.411 e. The Labute approximate surface area is 310 Å². The molecule has 2 aromatic carbocycles. The molecule has 0 aliphatic carbocycles. The second kappa shape index (κ2) is 16.6. The van der Waals surface area contributed by atoms with Crippen LogP contribution in [0.15, 0.2) is 71.1 Å². The number of nitrogens with one attached hydrogen (secondary N) is 2. The summed E-state index contributed by atoms with van der Waals surface area (Å²) >= 11 is 0. The Morgan fingerprint density at radius 2 is 1.25 bits per heavy atom. The molecular formula is C40H60N8O4. The van der Waals surface area contributed by atoms with E-state index in [0.717, 1.165) is 57.4 Å². The normalized spacial score (nSPS) is 17.7. The summed E-state index contributed by atoms with van der Waals surface area (Å²) in [7, 11) is 3.35. The topological polar surface area (TPSA) is 119 Å². The van der Waals surface area contributed by atoms with Crippen LogP contribution in [0.5, 0.6) is 0 Å². The van der Waals surface area contributed by atoms with Gasteiger partial charge in [0.1, 0.15) is 0 Å². The molecule has 12 heteroatoms. The van der Waals surface area contributed by atoms with Crippen LogP contribution in [-0.2, 0) is 9.47 Å². The fourth-order valence-electron chi connectivity index (χ4n) is 7.10. The van der Waals surface area contributed by atoms with Crippen LogP contribution in [-0.4, -0.2) is 68.3 Å². The summed E-state index contributed by atoms with van der Waals surface area (Å²) in [5, 5.41) is 7.20. The summed E-state index contributed by atoms with van der Waals surface area (Å²) in [5.41, 5.74) is 7.38. The minimum atomic E-state index is -0.691. The summed E-state index contributed by atoms with van der Waals surface area (Å²) in [6, 6.07) is 15.8. The van der Waals surface area contributed by atoms with Crippen molar-refractivity contribution in [1.82, 2.24) is 28.9 Å². The van der Waals surface area contributed by atoms with Crippen molar-refractivity contribution in [1.29, 1.82) is 0 Å². The Bertz CT molecular complexity index is 1970. The van der Waals surface area contributed by atoms with Gasteiger partial charge in [0.15, 0.2) is 0 Å². The Hall–Kier alpha value is -5.00. The average molecular weight is 717 g/mol. The highest BCUT2D eigenvalue weighted by Crippen LogP contribution is 2.42. The number of rotatable bonds is 11. The third-order valence-electron chi connectivity index (χ3n) is 10.1. The van der Waals surface area contributed by atoms with Gasteiger partial charge in [-0.3, -0.25) is 9.13 Å². The van der Waals surface area contributed by atoms with Crippen LogP contribution in [0.1, 0.15) is 96.4 Å². The van der Waals surface area contributed by atoms with Crippen LogP contribution in [0.2, 0.25) is 0 Å². The second-order valence-corrected chi connectivity index (χ2v) is 13.2. The number of anilines is 2. The number of hydrogen-bond acceptors (Lipinski definition) is 8. The lowest BCUT2D eigenvalue weighted by Crippen LogP contribution is -2.40. The van der Waals surface area contributed by atoms with E-state index in [1.165, 1.54) is 4.90 Å². The molecule has 0 spiro atoms. The lowest BCUT2D eigenvalue weighted by Gasteiger charge is -2.37. The van der Waals surface area contributed by atoms with Crippen molar-refractivity contribution in [3.63, 3.8) is 0 Å². The number of ether oxygens (including phenoxy) is 2. The third-order valence-corrected chi connectivity index (χ3v) is 10.1. The highest BCUT2D eigenvalue weighted by Gasteiger charge is 2.38. The monoisotopic (exact) mass is 716 g/mol. The number of carbonyl (C=O) groups excluding carboxylic acids is 2. The van der Waals surface area contributed by atoms with Gasteiger partial charge in [-0.05, 0) is 62.8 Å². The molecule has 2 N–H and O–H groups in total. The van der Waals surface area contributed by atoms with Crippen molar-refractivity contribution in [2.45, 2.75) is 93.5 Å². The molecule has 52 heavy (non-hydrogen) atoms. The molecule has 0 bridgehead atoms. The number of amides is 2. The van der Waals surface area contributed by atoms with E-state index in [-0.39, 0.29) is 14.7 Å². The van der Waals surface area contributed by atoms with Crippen LogP contribution in [0, 0.1) is 11.8 Å². The minimum absolute atomic E-state index is 0. The molecule has 4 heterocycles. The van der Waals surface area contributed by atoms with Gasteiger partial charge in [0.2, 0.25) is 24.4 Å². The zero-order chi connectivity index (χ0) is 37.7. The molecule has 0 radical (unpaired) electrons. The van der Waals surface area contributed by atoms with E-state index in [9.17, 15) is 9.59 Å². The number of fused-ring (bicyclic) bond motifs is 6. The number of carbonyl (C=O) groups is 2. The predicted octanol–water partition coefficient (Wildman–Crippen LogP) is 10.0. The van der Waals surface area contributed by atoms with Crippen molar-refractivity contribution < 1.29 is 21.9 Å². The summed E-state index contributed by atoms with van der Waals surface area (Å²) < 4.78 is 16.7. The van der Waals surface area contributed by atoms with E-state index in [2.05, 4.69) is 45.3 Å². The maximum Gasteiger partial charge on any atom is 0.411 e. The Morgan fingerprint density at radius 3 is 1.71 bits per heavy atom. The summed E-state index contributed by atoms with van der Waals surface area (Å²) in [6.07, 6.45) is 0.840. The Kier molecular flexibility index (Phi) is 12.2. The fraction of sp³-hybridized carbons (Fsp3) is 0.500. The molecule has 12 nitrogen and oxygen atoms in total. The first-order valence-electron chi connectivity index (χ1n) is 18.9. The van der Waals surface area contributed by atoms with Crippen molar-refractivity contribution in [3.8, 4) is 0 Å². The van der Waals surface area contributed by atoms with Crippen molar-refractivity contribution in [3.05, 3.63) is 71.1 Å². The first-order valence-corrected chi connectivity index (χ1v) is 18.9. The van der Waals surface area contributed by atoms with Crippen LogP contribution < -0.4 is 10.6 Å². The number of hydrogen-bond donors (Lipinski definition) is 2. The number of para-hydroxylation sites is 4. The molecule has 4 aromatic rings. The van der Waals surface area contributed by atoms with Crippen molar-refractivity contribution >= 4 is 46.1 Å². The first kappa shape index (κ1) is 38.2. The maximum absolute atomic E-state index is 14.3. The number of allylic oxidation sites excluding steroid dienone is 1. The summed E-state index contributed by atoms with van der Waals surface area (Å²) in [5.74, 6) is 1.41. The highest BCUT2D eigenvalue weighted by atomic mass is 16.6. The zero-order valence-corrected chi connectivity index (χ0v) is 32.5.